The topological polar surface area (TPSA) is 29.1 Å². The normalized spacial score (nSPS) is 21.2. The highest BCUT2D eigenvalue weighted by atomic mass is 35.5. The van der Waals surface area contributed by atoms with Crippen LogP contribution in [0.5, 0.6) is 0 Å². The minimum atomic E-state index is 0. The predicted molar refractivity (Wildman–Crippen MR) is 54.1 cm³/mol. The van der Waals surface area contributed by atoms with Crippen molar-refractivity contribution < 1.29 is 4.79 Å². The summed E-state index contributed by atoms with van der Waals surface area (Å²) in [6.45, 7) is 0.527. The number of ketones is 1. The van der Waals surface area contributed by atoms with E-state index in [1.807, 2.05) is 18.2 Å². The average molecular weight is 198 g/mol. The lowest BCUT2D eigenvalue weighted by atomic mass is 10.1. The molecule has 0 saturated carbocycles. The first kappa shape index (κ1) is 10.2. The fourth-order valence-corrected chi connectivity index (χ4v) is 1.53. The molecule has 3 heteroatoms. The lowest BCUT2D eigenvalue weighted by Crippen LogP contribution is -2.13. The van der Waals surface area contributed by atoms with Crippen LogP contribution < -0.4 is 5.32 Å². The second kappa shape index (κ2) is 4.40. The SMILES string of the molecule is Cl.O=C1CNC(c2ccccc2)C1. The van der Waals surface area contributed by atoms with Crippen molar-refractivity contribution in [3.05, 3.63) is 35.9 Å². The van der Waals surface area contributed by atoms with Crippen LogP contribution in [0.3, 0.4) is 0 Å². The van der Waals surface area contributed by atoms with E-state index in [-0.39, 0.29) is 18.4 Å². The molecule has 1 saturated heterocycles. The van der Waals surface area contributed by atoms with Gasteiger partial charge in [-0.05, 0) is 5.56 Å². The van der Waals surface area contributed by atoms with E-state index in [2.05, 4.69) is 17.4 Å². The monoisotopic (exact) mass is 197 g/mol. The van der Waals surface area contributed by atoms with Crippen molar-refractivity contribution in [3.8, 4) is 0 Å². The molecule has 1 unspecified atom stereocenters. The maximum atomic E-state index is 11.0. The second-order valence-electron chi connectivity index (χ2n) is 3.09. The summed E-state index contributed by atoms with van der Waals surface area (Å²) in [7, 11) is 0. The fraction of sp³-hybridized carbons (Fsp3) is 0.300. The highest BCUT2D eigenvalue weighted by Gasteiger charge is 2.21. The molecule has 1 aromatic rings. The van der Waals surface area contributed by atoms with E-state index in [4.69, 9.17) is 0 Å². The van der Waals surface area contributed by atoms with Gasteiger partial charge in [0.15, 0.2) is 0 Å². The van der Waals surface area contributed by atoms with Gasteiger partial charge in [0.1, 0.15) is 5.78 Å². The zero-order valence-corrected chi connectivity index (χ0v) is 8.01. The van der Waals surface area contributed by atoms with Crippen LogP contribution in [0.15, 0.2) is 30.3 Å². The number of carbonyl (C=O) groups excluding carboxylic acids is 1. The summed E-state index contributed by atoms with van der Waals surface area (Å²) in [6.07, 6.45) is 0.643. The minimum absolute atomic E-state index is 0. The van der Waals surface area contributed by atoms with Crippen molar-refractivity contribution >= 4 is 18.2 Å². The summed E-state index contributed by atoms with van der Waals surface area (Å²) in [4.78, 5) is 11.0. The smallest absolute Gasteiger partial charge is 0.148 e. The number of carbonyl (C=O) groups is 1. The zero-order valence-electron chi connectivity index (χ0n) is 7.19. The predicted octanol–water partition coefficient (Wildman–Crippen LogP) is 1.71. The first-order chi connectivity index (χ1) is 5.86. The van der Waals surface area contributed by atoms with Gasteiger partial charge < -0.3 is 5.32 Å². The quantitative estimate of drug-likeness (QED) is 0.743. The molecule has 0 amide bonds. The largest absolute Gasteiger partial charge is 0.303 e. The van der Waals surface area contributed by atoms with E-state index in [0.29, 0.717) is 18.7 Å². The van der Waals surface area contributed by atoms with Gasteiger partial charge in [-0.15, -0.1) is 12.4 Å². The third-order valence-electron chi connectivity index (χ3n) is 2.18. The highest BCUT2D eigenvalue weighted by molar-refractivity contribution is 5.85. The van der Waals surface area contributed by atoms with Crippen LogP contribution >= 0.6 is 12.4 Å². The fourth-order valence-electron chi connectivity index (χ4n) is 1.53. The number of hydrogen-bond acceptors (Lipinski definition) is 2. The van der Waals surface area contributed by atoms with E-state index in [0.717, 1.165) is 0 Å². The Morgan fingerprint density at radius 2 is 1.92 bits per heavy atom. The molecule has 0 radical (unpaired) electrons. The van der Waals surface area contributed by atoms with Gasteiger partial charge in [0.2, 0.25) is 0 Å². The Hall–Kier alpha value is -0.860. The van der Waals surface area contributed by atoms with Gasteiger partial charge >= 0.3 is 0 Å². The molecular weight excluding hydrogens is 186 g/mol. The molecule has 1 N–H and O–H groups in total. The molecule has 0 aliphatic carbocycles. The molecule has 1 aliphatic rings. The van der Waals surface area contributed by atoms with Crippen molar-refractivity contribution in [2.75, 3.05) is 6.54 Å². The van der Waals surface area contributed by atoms with Crippen molar-refractivity contribution in [1.29, 1.82) is 0 Å². The number of Topliss-reactive ketones (excluding diaryl/α,β-unsaturated/α-hetero) is 1. The van der Waals surface area contributed by atoms with Crippen LogP contribution in [-0.2, 0) is 4.79 Å². The molecule has 2 nitrogen and oxygen atoms in total. The van der Waals surface area contributed by atoms with E-state index < -0.39 is 0 Å². The molecule has 0 bridgehead atoms. The number of rotatable bonds is 1. The molecule has 2 rings (SSSR count). The first-order valence-corrected chi connectivity index (χ1v) is 4.16. The first-order valence-electron chi connectivity index (χ1n) is 4.16. The van der Waals surface area contributed by atoms with Gasteiger partial charge in [0.05, 0.1) is 6.54 Å². The molecule has 1 atom stereocenters. The van der Waals surface area contributed by atoms with Crippen molar-refractivity contribution in [2.24, 2.45) is 0 Å². The van der Waals surface area contributed by atoms with E-state index in [1.165, 1.54) is 5.56 Å². The highest BCUT2D eigenvalue weighted by Crippen LogP contribution is 2.20. The summed E-state index contributed by atoms with van der Waals surface area (Å²) in [5.41, 5.74) is 1.21. The summed E-state index contributed by atoms with van der Waals surface area (Å²) >= 11 is 0. The Bertz CT molecular complexity index is 286. The molecule has 1 fully saturated rings. The lowest BCUT2D eigenvalue weighted by Gasteiger charge is -2.07. The maximum Gasteiger partial charge on any atom is 0.148 e. The molecule has 1 heterocycles. The van der Waals surface area contributed by atoms with Crippen molar-refractivity contribution in [1.82, 2.24) is 5.32 Å². The molecule has 13 heavy (non-hydrogen) atoms. The van der Waals surface area contributed by atoms with Crippen LogP contribution in [0.1, 0.15) is 18.0 Å². The van der Waals surface area contributed by atoms with Gasteiger partial charge in [0.25, 0.3) is 0 Å². The van der Waals surface area contributed by atoms with Crippen molar-refractivity contribution in [3.63, 3.8) is 0 Å². The Balaban J connectivity index is 0.000000845. The van der Waals surface area contributed by atoms with Gasteiger partial charge in [-0.3, -0.25) is 4.79 Å². The van der Waals surface area contributed by atoms with Crippen LogP contribution in [-0.4, -0.2) is 12.3 Å². The molecule has 1 aliphatic heterocycles. The second-order valence-corrected chi connectivity index (χ2v) is 3.09. The summed E-state index contributed by atoms with van der Waals surface area (Å²) in [6, 6.07) is 10.3. The number of halogens is 1. The zero-order chi connectivity index (χ0) is 8.39. The molecule has 70 valence electrons. The van der Waals surface area contributed by atoms with Crippen LogP contribution in [0.4, 0.5) is 0 Å². The van der Waals surface area contributed by atoms with Gasteiger partial charge in [-0.1, -0.05) is 30.3 Å². The molecule has 0 aromatic heterocycles. The minimum Gasteiger partial charge on any atom is -0.303 e. The van der Waals surface area contributed by atoms with Gasteiger partial charge in [-0.2, -0.15) is 0 Å². The Labute approximate surface area is 83.7 Å². The lowest BCUT2D eigenvalue weighted by molar-refractivity contribution is -0.116. The summed E-state index contributed by atoms with van der Waals surface area (Å²) < 4.78 is 0. The molecule has 1 aromatic carbocycles. The standard InChI is InChI=1S/C10H11NO.ClH/c12-9-6-10(11-7-9)8-4-2-1-3-5-8;/h1-5,10-11H,6-7H2;1H. The van der Waals surface area contributed by atoms with Gasteiger partial charge in [0, 0.05) is 12.5 Å². The van der Waals surface area contributed by atoms with Crippen LogP contribution in [0, 0.1) is 0 Å². The third-order valence-corrected chi connectivity index (χ3v) is 2.18. The Morgan fingerprint density at radius 1 is 1.23 bits per heavy atom. The number of benzene rings is 1. The summed E-state index contributed by atoms with van der Waals surface area (Å²) in [5.74, 6) is 0.309. The molecular formula is C10H12ClNO. The third kappa shape index (κ3) is 2.29. The number of nitrogens with one attached hydrogen (secondary N) is 1. The van der Waals surface area contributed by atoms with E-state index >= 15 is 0 Å². The Kier molecular flexibility index (Phi) is 3.46. The number of hydrogen-bond donors (Lipinski definition) is 1. The van der Waals surface area contributed by atoms with Gasteiger partial charge in [-0.25, -0.2) is 0 Å². The van der Waals surface area contributed by atoms with E-state index in [9.17, 15) is 4.79 Å². The van der Waals surface area contributed by atoms with Crippen molar-refractivity contribution in [2.45, 2.75) is 12.5 Å². The molecule has 0 spiro atoms. The average Bonchev–Trinajstić information content (AvgIpc) is 2.54. The van der Waals surface area contributed by atoms with Crippen LogP contribution in [0.25, 0.3) is 0 Å². The Morgan fingerprint density at radius 3 is 2.46 bits per heavy atom. The summed E-state index contributed by atoms with van der Waals surface area (Å²) in [5, 5.41) is 3.17. The van der Waals surface area contributed by atoms with Crippen LogP contribution in [0.2, 0.25) is 0 Å². The maximum absolute atomic E-state index is 11.0. The van der Waals surface area contributed by atoms with E-state index in [1.54, 1.807) is 0 Å².